The van der Waals surface area contributed by atoms with Crippen LogP contribution in [-0.4, -0.2) is 29.2 Å². The number of nitrogens with zero attached hydrogens (tertiary/aromatic N) is 2. The number of aromatic nitrogens is 2. The number of thioether (sulfide) groups is 1. The predicted molar refractivity (Wildman–Crippen MR) is 81.9 cm³/mol. The Bertz CT molecular complexity index is 636. The molecule has 1 amide bonds. The van der Waals surface area contributed by atoms with Crippen LogP contribution in [0.1, 0.15) is 10.4 Å². The summed E-state index contributed by atoms with van der Waals surface area (Å²) >= 11 is 7.40. The molecular formula is C13H13ClN4OS. The molecule has 0 aliphatic rings. The van der Waals surface area contributed by atoms with Crippen LogP contribution in [0.3, 0.4) is 0 Å². The maximum atomic E-state index is 11.8. The van der Waals surface area contributed by atoms with Gasteiger partial charge in [0.15, 0.2) is 0 Å². The molecule has 2 rings (SSSR count). The van der Waals surface area contributed by atoms with Gasteiger partial charge in [0.1, 0.15) is 11.4 Å². The maximum Gasteiger partial charge on any atom is 0.256 e. The molecule has 0 spiro atoms. The Labute approximate surface area is 126 Å². The normalized spacial score (nSPS) is 10.2. The minimum absolute atomic E-state index is 0.0850. The summed E-state index contributed by atoms with van der Waals surface area (Å²) in [4.78, 5) is 20.8. The third-order valence-corrected chi connectivity index (χ3v) is 3.57. The lowest BCUT2D eigenvalue weighted by atomic mass is 10.2. The number of amides is 1. The van der Waals surface area contributed by atoms with Crippen LogP contribution in [-0.2, 0) is 0 Å². The highest BCUT2D eigenvalue weighted by Crippen LogP contribution is 2.28. The zero-order chi connectivity index (χ0) is 14.5. The SMILES string of the molecule is CNC(=O)c1cnc(Cl)nc1Nc1ccccc1SC. The second kappa shape index (κ2) is 6.58. The van der Waals surface area contributed by atoms with Crippen molar-refractivity contribution in [2.24, 2.45) is 0 Å². The lowest BCUT2D eigenvalue weighted by molar-refractivity contribution is 0.0963. The lowest BCUT2D eigenvalue weighted by Gasteiger charge is -2.12. The average Bonchev–Trinajstić information content (AvgIpc) is 2.47. The summed E-state index contributed by atoms with van der Waals surface area (Å²) < 4.78 is 0. The highest BCUT2D eigenvalue weighted by atomic mass is 35.5. The van der Waals surface area contributed by atoms with E-state index in [1.54, 1.807) is 18.8 Å². The summed E-state index contributed by atoms with van der Waals surface area (Å²) in [6, 6.07) is 7.75. The Morgan fingerprint density at radius 2 is 2.10 bits per heavy atom. The molecule has 0 radical (unpaired) electrons. The van der Waals surface area contributed by atoms with E-state index in [9.17, 15) is 4.79 Å². The molecule has 1 aromatic heterocycles. The largest absolute Gasteiger partial charge is 0.355 e. The van der Waals surface area contributed by atoms with E-state index in [1.165, 1.54) is 6.20 Å². The van der Waals surface area contributed by atoms with E-state index in [2.05, 4.69) is 20.6 Å². The van der Waals surface area contributed by atoms with Crippen molar-refractivity contribution in [3.63, 3.8) is 0 Å². The van der Waals surface area contributed by atoms with Gasteiger partial charge in [-0.1, -0.05) is 12.1 Å². The van der Waals surface area contributed by atoms with Crippen molar-refractivity contribution in [3.05, 3.63) is 41.3 Å². The number of rotatable bonds is 4. The second-order valence-corrected chi connectivity index (χ2v) is 4.99. The Morgan fingerprint density at radius 1 is 1.35 bits per heavy atom. The maximum absolute atomic E-state index is 11.8. The van der Waals surface area contributed by atoms with E-state index in [0.29, 0.717) is 11.4 Å². The zero-order valence-electron chi connectivity index (χ0n) is 11.0. The molecule has 0 saturated heterocycles. The van der Waals surface area contributed by atoms with Gasteiger partial charge in [-0.25, -0.2) is 4.98 Å². The van der Waals surface area contributed by atoms with E-state index < -0.39 is 0 Å². The van der Waals surface area contributed by atoms with Gasteiger partial charge in [-0.2, -0.15) is 4.98 Å². The van der Waals surface area contributed by atoms with Crippen LogP contribution in [0.25, 0.3) is 0 Å². The molecule has 2 N–H and O–H groups in total. The van der Waals surface area contributed by atoms with Gasteiger partial charge in [0.05, 0.1) is 5.69 Å². The van der Waals surface area contributed by atoms with Crippen LogP contribution >= 0.6 is 23.4 Å². The van der Waals surface area contributed by atoms with Gasteiger partial charge in [0, 0.05) is 18.1 Å². The van der Waals surface area contributed by atoms with Gasteiger partial charge in [0.25, 0.3) is 5.91 Å². The molecule has 0 aliphatic carbocycles. The molecule has 7 heteroatoms. The number of halogens is 1. The smallest absolute Gasteiger partial charge is 0.256 e. The molecule has 0 unspecified atom stereocenters. The van der Waals surface area contributed by atoms with Crippen molar-refractivity contribution < 1.29 is 4.79 Å². The molecule has 1 aromatic carbocycles. The second-order valence-electron chi connectivity index (χ2n) is 3.81. The van der Waals surface area contributed by atoms with Crippen molar-refractivity contribution in [1.29, 1.82) is 0 Å². The van der Waals surface area contributed by atoms with Gasteiger partial charge in [-0.05, 0) is 30.0 Å². The van der Waals surface area contributed by atoms with Crippen LogP contribution in [0.4, 0.5) is 11.5 Å². The number of anilines is 2. The fourth-order valence-corrected chi connectivity index (χ4v) is 2.32. The van der Waals surface area contributed by atoms with Gasteiger partial charge < -0.3 is 10.6 Å². The number of hydrogen-bond donors (Lipinski definition) is 2. The molecule has 0 bridgehead atoms. The Kier molecular flexibility index (Phi) is 4.81. The first-order chi connectivity index (χ1) is 9.65. The number of benzene rings is 1. The van der Waals surface area contributed by atoms with E-state index in [-0.39, 0.29) is 11.2 Å². The lowest BCUT2D eigenvalue weighted by Crippen LogP contribution is -2.20. The van der Waals surface area contributed by atoms with Crippen LogP contribution in [0.15, 0.2) is 35.4 Å². The van der Waals surface area contributed by atoms with Crippen LogP contribution < -0.4 is 10.6 Å². The standard InChI is InChI=1S/C13H13ClN4OS/c1-15-12(19)8-7-16-13(14)18-11(8)17-9-5-3-4-6-10(9)20-2/h3-7H,1-2H3,(H,15,19)(H,16,17,18). The number of hydrogen-bond acceptors (Lipinski definition) is 5. The number of nitrogens with one attached hydrogen (secondary N) is 2. The van der Waals surface area contributed by atoms with Crippen molar-refractivity contribution >= 4 is 40.8 Å². The predicted octanol–water partition coefficient (Wildman–Crippen LogP) is 2.96. The third-order valence-electron chi connectivity index (χ3n) is 2.59. The van der Waals surface area contributed by atoms with E-state index in [0.717, 1.165) is 10.6 Å². The molecular weight excluding hydrogens is 296 g/mol. The van der Waals surface area contributed by atoms with Gasteiger partial charge >= 0.3 is 0 Å². The minimum atomic E-state index is -0.272. The zero-order valence-corrected chi connectivity index (χ0v) is 12.5. The first-order valence-corrected chi connectivity index (χ1v) is 7.40. The van der Waals surface area contributed by atoms with Crippen LogP contribution in [0, 0.1) is 0 Å². The Hall–Kier alpha value is -1.79. The quantitative estimate of drug-likeness (QED) is 0.671. The molecule has 1 heterocycles. The molecule has 104 valence electrons. The first-order valence-electron chi connectivity index (χ1n) is 5.80. The third kappa shape index (κ3) is 3.20. The summed E-state index contributed by atoms with van der Waals surface area (Å²) in [6.45, 7) is 0. The number of carbonyl (C=O) groups excluding carboxylic acids is 1. The van der Waals surface area contributed by atoms with Crippen molar-refractivity contribution in [1.82, 2.24) is 15.3 Å². The van der Waals surface area contributed by atoms with E-state index >= 15 is 0 Å². The van der Waals surface area contributed by atoms with Gasteiger partial charge in [0.2, 0.25) is 5.28 Å². The molecule has 20 heavy (non-hydrogen) atoms. The molecule has 2 aromatic rings. The van der Waals surface area contributed by atoms with Crippen molar-refractivity contribution in [2.45, 2.75) is 4.90 Å². The van der Waals surface area contributed by atoms with E-state index in [4.69, 9.17) is 11.6 Å². The van der Waals surface area contributed by atoms with Gasteiger partial charge in [-0.15, -0.1) is 11.8 Å². The monoisotopic (exact) mass is 308 g/mol. The fourth-order valence-electron chi connectivity index (χ4n) is 1.63. The number of para-hydroxylation sites is 1. The number of carbonyl (C=O) groups is 1. The summed E-state index contributed by atoms with van der Waals surface area (Å²) in [7, 11) is 1.55. The van der Waals surface area contributed by atoms with Crippen molar-refractivity contribution in [2.75, 3.05) is 18.6 Å². The summed E-state index contributed by atoms with van der Waals surface area (Å²) in [5.74, 6) is 0.108. The summed E-state index contributed by atoms with van der Waals surface area (Å²) in [6.07, 6.45) is 3.38. The van der Waals surface area contributed by atoms with Gasteiger partial charge in [-0.3, -0.25) is 4.79 Å². The Morgan fingerprint density at radius 3 is 2.80 bits per heavy atom. The summed E-state index contributed by atoms with van der Waals surface area (Å²) in [5, 5.41) is 5.76. The Balaban J connectivity index is 2.42. The van der Waals surface area contributed by atoms with Crippen molar-refractivity contribution in [3.8, 4) is 0 Å². The topological polar surface area (TPSA) is 66.9 Å². The first kappa shape index (κ1) is 14.6. The molecule has 0 fully saturated rings. The highest BCUT2D eigenvalue weighted by Gasteiger charge is 2.14. The minimum Gasteiger partial charge on any atom is -0.355 e. The van der Waals surface area contributed by atoms with Crippen LogP contribution in [0.5, 0.6) is 0 Å². The van der Waals surface area contributed by atoms with Crippen LogP contribution in [0.2, 0.25) is 5.28 Å². The average molecular weight is 309 g/mol. The van der Waals surface area contributed by atoms with E-state index in [1.807, 2.05) is 30.5 Å². The molecule has 0 aliphatic heterocycles. The summed E-state index contributed by atoms with van der Waals surface area (Å²) in [5.41, 5.74) is 1.20. The molecule has 0 atom stereocenters. The fraction of sp³-hybridized carbons (Fsp3) is 0.154. The highest BCUT2D eigenvalue weighted by molar-refractivity contribution is 7.98. The molecule has 0 saturated carbocycles. The molecule has 5 nitrogen and oxygen atoms in total.